The van der Waals surface area contributed by atoms with Crippen LogP contribution in [0.2, 0.25) is 0 Å². The first-order valence-corrected chi connectivity index (χ1v) is 11.5. The van der Waals surface area contributed by atoms with E-state index >= 15 is 0 Å². The maximum atomic E-state index is 13.3. The average Bonchev–Trinajstić information content (AvgIpc) is 3.52. The molecule has 0 bridgehead atoms. The summed E-state index contributed by atoms with van der Waals surface area (Å²) >= 11 is 0. The summed E-state index contributed by atoms with van der Waals surface area (Å²) in [6.07, 6.45) is 7.05. The number of aryl methyl sites for hydroxylation is 3. The first-order valence-electron chi connectivity index (χ1n) is 11.5. The van der Waals surface area contributed by atoms with Gasteiger partial charge in [-0.2, -0.15) is 10.2 Å². The number of rotatable bonds is 7. The fourth-order valence-corrected chi connectivity index (χ4v) is 3.97. The van der Waals surface area contributed by atoms with Gasteiger partial charge in [0.05, 0.1) is 41.1 Å². The summed E-state index contributed by atoms with van der Waals surface area (Å²) in [5.41, 5.74) is 5.68. The minimum Gasteiger partial charge on any atom is -0.471 e. The number of amides is 1. The molecule has 0 spiro atoms. The maximum Gasteiger partial charge on any atom is 0.256 e. The molecule has 0 saturated heterocycles. The Kier molecular flexibility index (Phi) is 6.01. The van der Waals surface area contributed by atoms with Crippen molar-refractivity contribution in [1.82, 2.24) is 24.5 Å². The van der Waals surface area contributed by atoms with Gasteiger partial charge in [-0.15, -0.1) is 0 Å². The second kappa shape index (κ2) is 9.42. The van der Waals surface area contributed by atoms with Gasteiger partial charge in [0.1, 0.15) is 5.75 Å². The van der Waals surface area contributed by atoms with Crippen LogP contribution >= 0.6 is 0 Å². The van der Waals surface area contributed by atoms with Crippen molar-refractivity contribution in [2.75, 3.05) is 5.32 Å². The molecule has 0 saturated carbocycles. The van der Waals surface area contributed by atoms with Crippen LogP contribution in [0.3, 0.4) is 0 Å². The first kappa shape index (κ1) is 22.3. The molecule has 8 nitrogen and oxygen atoms in total. The Morgan fingerprint density at radius 2 is 1.83 bits per heavy atom. The van der Waals surface area contributed by atoms with Gasteiger partial charge >= 0.3 is 0 Å². The molecule has 0 aliphatic carbocycles. The number of hydrogen-bond donors (Lipinski definition) is 1. The number of ether oxygens (including phenoxy) is 1. The Balaban J connectivity index is 1.36. The predicted octanol–water partition coefficient (Wildman–Crippen LogP) is 5.22. The van der Waals surface area contributed by atoms with E-state index < -0.39 is 0 Å². The van der Waals surface area contributed by atoms with Gasteiger partial charge < -0.3 is 10.1 Å². The van der Waals surface area contributed by atoms with Gasteiger partial charge in [-0.3, -0.25) is 9.48 Å². The lowest BCUT2D eigenvalue weighted by Gasteiger charge is -2.10. The fraction of sp³-hybridized carbons (Fsp3) is 0.185. The number of nitrogens with one attached hydrogen (secondary N) is 1. The normalized spacial score (nSPS) is 11.1. The molecule has 0 fully saturated rings. The molecule has 35 heavy (non-hydrogen) atoms. The van der Waals surface area contributed by atoms with Gasteiger partial charge in [0, 0.05) is 23.7 Å². The van der Waals surface area contributed by atoms with Crippen molar-refractivity contribution in [2.45, 2.75) is 34.0 Å². The predicted molar refractivity (Wildman–Crippen MR) is 135 cm³/mol. The lowest BCUT2D eigenvalue weighted by Crippen LogP contribution is -2.13. The highest BCUT2D eigenvalue weighted by Gasteiger charge is 2.16. The summed E-state index contributed by atoms with van der Waals surface area (Å²) in [7, 11) is 0. The van der Waals surface area contributed by atoms with E-state index in [4.69, 9.17) is 9.72 Å². The monoisotopic (exact) mass is 466 g/mol. The van der Waals surface area contributed by atoms with Crippen molar-refractivity contribution in [2.24, 2.45) is 0 Å². The van der Waals surface area contributed by atoms with Crippen molar-refractivity contribution in [3.05, 3.63) is 90.0 Å². The van der Waals surface area contributed by atoms with Crippen molar-refractivity contribution in [3.8, 4) is 17.0 Å². The number of carbonyl (C=O) groups is 1. The summed E-state index contributed by atoms with van der Waals surface area (Å²) in [6, 6.07) is 15.5. The zero-order chi connectivity index (χ0) is 24.4. The van der Waals surface area contributed by atoms with E-state index in [1.165, 1.54) is 5.56 Å². The van der Waals surface area contributed by atoms with Gasteiger partial charge in [0.15, 0.2) is 6.73 Å². The largest absolute Gasteiger partial charge is 0.471 e. The number of pyridine rings is 1. The summed E-state index contributed by atoms with van der Waals surface area (Å²) in [5, 5.41) is 12.4. The minimum atomic E-state index is -0.234. The molecule has 1 N–H and O–H groups in total. The van der Waals surface area contributed by atoms with Gasteiger partial charge in [0.25, 0.3) is 5.91 Å². The van der Waals surface area contributed by atoms with Crippen LogP contribution in [0, 0.1) is 13.8 Å². The van der Waals surface area contributed by atoms with Crippen molar-refractivity contribution >= 4 is 22.5 Å². The third kappa shape index (κ3) is 4.77. The lowest BCUT2D eigenvalue weighted by molar-refractivity contribution is 0.102. The molecule has 5 aromatic rings. The number of hydrogen-bond acceptors (Lipinski definition) is 5. The molecular weight excluding hydrogens is 440 g/mol. The number of aromatic nitrogens is 5. The van der Waals surface area contributed by atoms with Crippen LogP contribution in [0.15, 0.2) is 73.3 Å². The van der Waals surface area contributed by atoms with E-state index in [1.807, 2.05) is 74.1 Å². The molecule has 5 rings (SSSR count). The molecule has 0 atom stereocenters. The molecule has 1 amide bonds. The standard InChI is InChI=1S/C27H26N6O2/c1-4-32-15-20(13-28-32)25-12-23(22-7-5-6-8-24(22)31-25)27(34)30-21-14-29-33(16-21)17-35-26-10-9-18(2)11-19(26)3/h5-16H,4,17H2,1-3H3,(H,30,34). The van der Waals surface area contributed by atoms with Gasteiger partial charge in [-0.05, 0) is 44.5 Å². The van der Waals surface area contributed by atoms with Crippen molar-refractivity contribution < 1.29 is 9.53 Å². The van der Waals surface area contributed by atoms with E-state index in [0.29, 0.717) is 16.9 Å². The van der Waals surface area contributed by atoms with E-state index in [-0.39, 0.29) is 12.6 Å². The quantitative estimate of drug-likeness (QED) is 0.355. The molecule has 3 heterocycles. The lowest BCUT2D eigenvalue weighted by atomic mass is 10.0. The summed E-state index contributed by atoms with van der Waals surface area (Å²) in [4.78, 5) is 18.1. The smallest absolute Gasteiger partial charge is 0.256 e. The zero-order valence-electron chi connectivity index (χ0n) is 19.9. The summed E-state index contributed by atoms with van der Waals surface area (Å²) in [6.45, 7) is 7.09. The van der Waals surface area contributed by atoms with E-state index in [9.17, 15) is 4.79 Å². The van der Waals surface area contributed by atoms with Crippen LogP contribution < -0.4 is 10.1 Å². The molecule has 0 aliphatic heterocycles. The Morgan fingerprint density at radius 1 is 1.00 bits per heavy atom. The molecule has 3 aromatic heterocycles. The van der Waals surface area contributed by atoms with Crippen LogP contribution in [0.25, 0.3) is 22.2 Å². The number of anilines is 1. The molecule has 8 heteroatoms. The van der Waals surface area contributed by atoms with Gasteiger partial charge in [0.2, 0.25) is 0 Å². The SMILES string of the molecule is CCn1cc(-c2cc(C(=O)Nc3cnn(COc4ccc(C)cc4C)c3)c3ccccc3n2)cn1. The van der Waals surface area contributed by atoms with E-state index in [2.05, 4.69) is 21.6 Å². The summed E-state index contributed by atoms with van der Waals surface area (Å²) in [5.74, 6) is 0.571. The Bertz CT molecular complexity index is 1520. The highest BCUT2D eigenvalue weighted by Crippen LogP contribution is 2.26. The second-order valence-electron chi connectivity index (χ2n) is 8.42. The van der Waals surface area contributed by atoms with Crippen LogP contribution in [0.5, 0.6) is 5.75 Å². The third-order valence-electron chi connectivity index (χ3n) is 5.79. The number of carbonyl (C=O) groups excluding carboxylic acids is 1. The minimum absolute atomic E-state index is 0.234. The van der Waals surface area contributed by atoms with Gasteiger partial charge in [-0.25, -0.2) is 9.67 Å². The molecule has 0 radical (unpaired) electrons. The van der Waals surface area contributed by atoms with E-state index in [0.717, 1.165) is 34.3 Å². The third-order valence-corrected chi connectivity index (χ3v) is 5.79. The van der Waals surface area contributed by atoms with E-state index in [1.54, 1.807) is 23.3 Å². The van der Waals surface area contributed by atoms with Crippen LogP contribution in [0.1, 0.15) is 28.4 Å². The van der Waals surface area contributed by atoms with Crippen molar-refractivity contribution in [1.29, 1.82) is 0 Å². The number of para-hydroxylation sites is 1. The molecule has 176 valence electrons. The van der Waals surface area contributed by atoms with Crippen LogP contribution in [0.4, 0.5) is 5.69 Å². The average molecular weight is 467 g/mol. The Labute approximate surface area is 203 Å². The second-order valence-corrected chi connectivity index (χ2v) is 8.42. The fourth-order valence-electron chi connectivity index (χ4n) is 3.97. The maximum absolute atomic E-state index is 13.3. The number of fused-ring (bicyclic) bond motifs is 1. The Morgan fingerprint density at radius 3 is 2.63 bits per heavy atom. The highest BCUT2D eigenvalue weighted by molar-refractivity contribution is 6.13. The highest BCUT2D eigenvalue weighted by atomic mass is 16.5. The van der Waals surface area contributed by atoms with Crippen LogP contribution in [-0.2, 0) is 13.3 Å². The Hall–Kier alpha value is -4.46. The zero-order valence-corrected chi connectivity index (χ0v) is 19.9. The van der Waals surface area contributed by atoms with Crippen molar-refractivity contribution in [3.63, 3.8) is 0 Å². The number of benzene rings is 2. The topological polar surface area (TPSA) is 86.9 Å². The van der Waals surface area contributed by atoms with Gasteiger partial charge in [-0.1, -0.05) is 35.9 Å². The molecular formula is C27H26N6O2. The molecule has 0 aliphatic rings. The summed E-state index contributed by atoms with van der Waals surface area (Å²) < 4.78 is 9.36. The number of nitrogens with zero attached hydrogens (tertiary/aromatic N) is 5. The molecule has 0 unspecified atom stereocenters. The van der Waals surface area contributed by atoms with Crippen LogP contribution in [-0.4, -0.2) is 30.5 Å². The first-order chi connectivity index (χ1) is 17.0. The molecule has 2 aromatic carbocycles.